The number of rotatable bonds is 5. The summed E-state index contributed by atoms with van der Waals surface area (Å²) in [6, 6.07) is 4.01. The van der Waals surface area contributed by atoms with Crippen LogP contribution in [0.5, 0.6) is 0 Å². The molecule has 82 valence electrons. The number of halogens is 1. The van der Waals surface area contributed by atoms with E-state index in [9.17, 15) is 9.18 Å². The molecule has 0 heterocycles. The minimum atomic E-state index is -0.573. The highest BCUT2D eigenvalue weighted by atomic mass is 19.1. The molecule has 1 aromatic carbocycles. The van der Waals surface area contributed by atoms with Gasteiger partial charge in [-0.1, -0.05) is 6.92 Å². The summed E-state index contributed by atoms with van der Waals surface area (Å²) in [7, 11) is 0. The fourth-order valence-electron chi connectivity index (χ4n) is 1.09. The van der Waals surface area contributed by atoms with E-state index in [-0.39, 0.29) is 23.6 Å². The first-order valence-electron chi connectivity index (χ1n) is 4.81. The lowest BCUT2D eigenvalue weighted by Crippen LogP contribution is -2.10. The van der Waals surface area contributed by atoms with Gasteiger partial charge in [-0.25, -0.2) is 4.39 Å². The molecule has 0 amide bonds. The van der Waals surface area contributed by atoms with Crippen LogP contribution in [-0.4, -0.2) is 19.0 Å². The Labute approximate surface area is 88.0 Å². The van der Waals surface area contributed by atoms with Gasteiger partial charge in [0.2, 0.25) is 0 Å². The highest BCUT2D eigenvalue weighted by Gasteiger charge is 2.08. The molecule has 0 unspecified atom stereocenters. The Hall–Kier alpha value is -1.42. The lowest BCUT2D eigenvalue weighted by atomic mass is 10.1. The van der Waals surface area contributed by atoms with Gasteiger partial charge in [0.05, 0.1) is 5.69 Å². The Kier molecular flexibility index (Phi) is 4.24. The number of benzene rings is 1. The predicted octanol–water partition coefficient (Wildman–Crippen LogP) is 2.02. The Morgan fingerprint density at radius 3 is 2.87 bits per heavy atom. The molecule has 0 aliphatic carbocycles. The van der Waals surface area contributed by atoms with Crippen LogP contribution in [0.4, 0.5) is 10.1 Å². The summed E-state index contributed by atoms with van der Waals surface area (Å²) < 4.78 is 18.1. The monoisotopic (exact) mass is 211 g/mol. The molecule has 0 fully saturated rings. The fourth-order valence-corrected chi connectivity index (χ4v) is 1.09. The van der Waals surface area contributed by atoms with Crippen molar-refractivity contribution >= 4 is 11.5 Å². The quantitative estimate of drug-likeness (QED) is 0.460. The van der Waals surface area contributed by atoms with Crippen molar-refractivity contribution in [3.05, 3.63) is 29.6 Å². The van der Waals surface area contributed by atoms with Crippen LogP contribution in [0.3, 0.4) is 0 Å². The summed E-state index contributed by atoms with van der Waals surface area (Å²) in [6.45, 7) is 2.47. The average molecular weight is 211 g/mol. The molecule has 15 heavy (non-hydrogen) atoms. The zero-order valence-electron chi connectivity index (χ0n) is 8.63. The second-order valence-corrected chi connectivity index (χ2v) is 3.21. The molecule has 0 saturated heterocycles. The Bertz CT molecular complexity index is 352. The molecule has 0 radical (unpaired) electrons. The van der Waals surface area contributed by atoms with Crippen LogP contribution in [0.1, 0.15) is 23.7 Å². The van der Waals surface area contributed by atoms with E-state index in [1.807, 2.05) is 6.92 Å². The molecular weight excluding hydrogens is 197 g/mol. The maximum atomic E-state index is 13.0. The lowest BCUT2D eigenvalue weighted by molar-refractivity contribution is 0.0761. The summed E-state index contributed by atoms with van der Waals surface area (Å²) in [6.07, 6.45) is 0.851. The number of nitrogens with two attached hydrogens (primary N) is 1. The van der Waals surface area contributed by atoms with Crippen LogP contribution in [0, 0.1) is 5.82 Å². The van der Waals surface area contributed by atoms with Crippen LogP contribution in [0.2, 0.25) is 0 Å². The summed E-state index contributed by atoms with van der Waals surface area (Å²) in [4.78, 5) is 11.5. The second-order valence-electron chi connectivity index (χ2n) is 3.21. The summed E-state index contributed by atoms with van der Waals surface area (Å²) in [5.74, 6) is -0.807. The van der Waals surface area contributed by atoms with Crippen molar-refractivity contribution in [2.75, 3.05) is 18.9 Å². The number of hydrogen-bond acceptors (Lipinski definition) is 3. The van der Waals surface area contributed by atoms with Crippen LogP contribution in [-0.2, 0) is 4.74 Å². The van der Waals surface area contributed by atoms with Gasteiger partial charge < -0.3 is 10.5 Å². The summed E-state index contributed by atoms with van der Waals surface area (Å²) in [5, 5.41) is 0. The number of carbonyl (C=O) groups excluding carboxylic acids is 1. The lowest BCUT2D eigenvalue weighted by Gasteiger charge is -2.03. The zero-order chi connectivity index (χ0) is 11.3. The topological polar surface area (TPSA) is 52.3 Å². The van der Waals surface area contributed by atoms with Gasteiger partial charge in [0.15, 0.2) is 5.78 Å². The molecule has 4 heteroatoms. The van der Waals surface area contributed by atoms with Crippen molar-refractivity contribution in [2.45, 2.75) is 13.3 Å². The van der Waals surface area contributed by atoms with Gasteiger partial charge in [0.25, 0.3) is 0 Å². The Morgan fingerprint density at radius 1 is 1.53 bits per heavy atom. The Balaban J connectivity index is 2.62. The molecule has 0 saturated carbocycles. The summed E-state index contributed by atoms with van der Waals surface area (Å²) in [5.41, 5.74) is 5.63. The first-order chi connectivity index (χ1) is 7.15. The third-order valence-corrected chi connectivity index (χ3v) is 1.90. The smallest absolute Gasteiger partial charge is 0.188 e. The Morgan fingerprint density at radius 2 is 2.27 bits per heavy atom. The fraction of sp³-hybridized carbons (Fsp3) is 0.364. The normalized spacial score (nSPS) is 10.3. The third-order valence-electron chi connectivity index (χ3n) is 1.90. The van der Waals surface area contributed by atoms with Crippen molar-refractivity contribution in [3.63, 3.8) is 0 Å². The molecule has 2 N–H and O–H groups in total. The van der Waals surface area contributed by atoms with Gasteiger partial charge in [-0.05, 0) is 24.6 Å². The molecular formula is C11H14FNO2. The molecule has 0 aromatic heterocycles. The van der Waals surface area contributed by atoms with E-state index in [0.717, 1.165) is 12.5 Å². The van der Waals surface area contributed by atoms with E-state index in [4.69, 9.17) is 10.5 Å². The van der Waals surface area contributed by atoms with E-state index in [2.05, 4.69) is 0 Å². The second kappa shape index (κ2) is 5.46. The maximum absolute atomic E-state index is 13.0. The highest BCUT2D eigenvalue weighted by Crippen LogP contribution is 2.12. The van der Waals surface area contributed by atoms with E-state index in [1.54, 1.807) is 0 Å². The maximum Gasteiger partial charge on any atom is 0.188 e. The van der Waals surface area contributed by atoms with Crippen LogP contribution >= 0.6 is 0 Å². The molecule has 0 aliphatic rings. The molecule has 3 nitrogen and oxygen atoms in total. The number of Topliss-reactive ketones (excluding diaryl/α,β-unsaturated/α-hetero) is 1. The molecule has 0 atom stereocenters. The van der Waals surface area contributed by atoms with Gasteiger partial charge >= 0.3 is 0 Å². The number of ether oxygens (including phenoxy) is 1. The van der Waals surface area contributed by atoms with Gasteiger partial charge in [-0.2, -0.15) is 0 Å². The minimum Gasteiger partial charge on any atom is -0.396 e. The van der Waals surface area contributed by atoms with E-state index in [0.29, 0.717) is 6.61 Å². The number of carbonyl (C=O) groups is 1. The van der Waals surface area contributed by atoms with Gasteiger partial charge in [0.1, 0.15) is 12.4 Å². The van der Waals surface area contributed by atoms with Crippen LogP contribution < -0.4 is 5.73 Å². The first kappa shape index (κ1) is 11.7. The van der Waals surface area contributed by atoms with Gasteiger partial charge in [-0.3, -0.25) is 4.79 Å². The zero-order valence-corrected chi connectivity index (χ0v) is 8.63. The molecule has 0 spiro atoms. The van der Waals surface area contributed by atoms with Crippen LogP contribution in [0.15, 0.2) is 18.2 Å². The molecule has 0 bridgehead atoms. The van der Waals surface area contributed by atoms with Crippen molar-refractivity contribution in [2.24, 2.45) is 0 Å². The van der Waals surface area contributed by atoms with Crippen molar-refractivity contribution in [1.29, 1.82) is 0 Å². The average Bonchev–Trinajstić information content (AvgIpc) is 2.22. The first-order valence-corrected chi connectivity index (χ1v) is 4.81. The molecule has 1 rings (SSSR count). The minimum absolute atomic E-state index is 0.0167. The van der Waals surface area contributed by atoms with Crippen molar-refractivity contribution < 1.29 is 13.9 Å². The number of ketones is 1. The third kappa shape index (κ3) is 3.32. The van der Waals surface area contributed by atoms with Crippen LogP contribution in [0.25, 0.3) is 0 Å². The standard InChI is InChI=1S/C11H14FNO2/c1-2-5-15-7-11(14)8-3-4-10(13)9(12)6-8/h3-4,6H,2,5,7,13H2,1H3. The summed E-state index contributed by atoms with van der Waals surface area (Å²) >= 11 is 0. The number of nitrogen functional groups attached to an aromatic ring is 1. The predicted molar refractivity (Wildman–Crippen MR) is 56.3 cm³/mol. The SMILES string of the molecule is CCCOCC(=O)c1ccc(N)c(F)c1. The van der Waals surface area contributed by atoms with E-state index >= 15 is 0 Å². The van der Waals surface area contributed by atoms with E-state index in [1.165, 1.54) is 12.1 Å². The molecule has 1 aromatic rings. The van der Waals surface area contributed by atoms with Crippen molar-refractivity contribution in [3.8, 4) is 0 Å². The van der Waals surface area contributed by atoms with Crippen molar-refractivity contribution in [1.82, 2.24) is 0 Å². The van der Waals surface area contributed by atoms with Gasteiger partial charge in [-0.15, -0.1) is 0 Å². The highest BCUT2D eigenvalue weighted by molar-refractivity contribution is 5.97. The van der Waals surface area contributed by atoms with E-state index < -0.39 is 5.82 Å². The van der Waals surface area contributed by atoms with Gasteiger partial charge in [0, 0.05) is 12.2 Å². The number of hydrogen-bond donors (Lipinski definition) is 1. The number of anilines is 1. The molecule has 0 aliphatic heterocycles. The largest absolute Gasteiger partial charge is 0.396 e.